The fourth-order valence-electron chi connectivity index (χ4n) is 2.64. The minimum Gasteiger partial charge on any atom is -0.347 e. The van der Waals surface area contributed by atoms with Gasteiger partial charge >= 0.3 is 0 Å². The number of hydrogen-bond acceptors (Lipinski definition) is 3. The fraction of sp³-hybridized carbons (Fsp3) is 0.167. The molecule has 0 aliphatic rings. The highest BCUT2D eigenvalue weighted by Gasteiger charge is 2.13. The monoisotopic (exact) mass is 341 g/mol. The van der Waals surface area contributed by atoms with Gasteiger partial charge < -0.3 is 4.57 Å². The Bertz CT molecular complexity index is 1020. The zero-order valence-electron chi connectivity index (χ0n) is 13.8. The molecule has 5 nitrogen and oxygen atoms in total. The van der Waals surface area contributed by atoms with Gasteiger partial charge in [-0.15, -0.1) is 0 Å². The Kier molecular flexibility index (Phi) is 4.15. The number of aromatic nitrogens is 1. The largest absolute Gasteiger partial charge is 0.347 e. The molecule has 3 rings (SSSR count). The van der Waals surface area contributed by atoms with Crippen LogP contribution in [0.2, 0.25) is 0 Å². The summed E-state index contributed by atoms with van der Waals surface area (Å²) in [6.45, 7) is 3.89. The van der Waals surface area contributed by atoms with Crippen LogP contribution < -0.4 is 4.83 Å². The van der Waals surface area contributed by atoms with E-state index >= 15 is 0 Å². The molecular weight excluding hydrogens is 322 g/mol. The molecule has 1 N–H and O–H groups in total. The fourth-order valence-corrected chi connectivity index (χ4v) is 3.43. The molecule has 0 unspecified atom stereocenters. The maximum atomic E-state index is 12.3. The van der Waals surface area contributed by atoms with Crippen molar-refractivity contribution in [1.82, 2.24) is 9.40 Å². The summed E-state index contributed by atoms with van der Waals surface area (Å²) in [6.07, 6.45) is 1.56. The van der Waals surface area contributed by atoms with Gasteiger partial charge in [0.15, 0.2) is 0 Å². The second-order valence-corrected chi connectivity index (χ2v) is 7.40. The molecule has 0 saturated heterocycles. The Hall–Kier alpha value is -2.60. The Morgan fingerprint density at radius 2 is 1.71 bits per heavy atom. The van der Waals surface area contributed by atoms with Gasteiger partial charge in [-0.3, -0.25) is 0 Å². The van der Waals surface area contributed by atoms with E-state index in [0.717, 1.165) is 27.7 Å². The summed E-state index contributed by atoms with van der Waals surface area (Å²) in [6, 6.07) is 14.6. The van der Waals surface area contributed by atoms with Crippen LogP contribution in [0.5, 0.6) is 0 Å². The maximum absolute atomic E-state index is 12.3. The topological polar surface area (TPSA) is 63.5 Å². The van der Waals surface area contributed by atoms with Crippen LogP contribution in [-0.2, 0) is 17.1 Å². The summed E-state index contributed by atoms with van der Waals surface area (Å²) >= 11 is 0. The normalized spacial score (nSPS) is 12.1. The molecule has 0 atom stereocenters. The van der Waals surface area contributed by atoms with Crippen LogP contribution >= 0.6 is 0 Å². The highest BCUT2D eigenvalue weighted by Crippen LogP contribution is 2.23. The predicted octanol–water partition coefficient (Wildman–Crippen LogP) is 3.11. The molecule has 0 aliphatic heterocycles. The second kappa shape index (κ2) is 6.13. The Morgan fingerprint density at radius 1 is 1.04 bits per heavy atom. The van der Waals surface area contributed by atoms with Crippen molar-refractivity contribution in [2.45, 2.75) is 18.7 Å². The number of sulfonamides is 1. The smallest absolute Gasteiger partial charge is 0.276 e. The highest BCUT2D eigenvalue weighted by atomic mass is 32.2. The van der Waals surface area contributed by atoms with E-state index in [1.807, 2.05) is 45.2 Å². The van der Waals surface area contributed by atoms with Crippen molar-refractivity contribution >= 4 is 27.1 Å². The van der Waals surface area contributed by atoms with Crippen LogP contribution in [0.1, 0.15) is 16.8 Å². The molecular formula is C18H19N3O2S. The molecule has 0 fully saturated rings. The van der Waals surface area contributed by atoms with Crippen molar-refractivity contribution in [3.8, 4) is 0 Å². The van der Waals surface area contributed by atoms with E-state index in [4.69, 9.17) is 0 Å². The van der Waals surface area contributed by atoms with E-state index in [1.54, 1.807) is 30.5 Å². The van der Waals surface area contributed by atoms with Crippen LogP contribution in [0, 0.1) is 13.8 Å². The molecule has 2 aromatic carbocycles. The standard InChI is InChI=1S/C18H19N3O2S/c1-13-8-10-15(11-9-13)24(22,23)20-19-12-17-14(2)21(3)18-7-5-4-6-16(17)18/h4-12,20H,1-3H3/b19-12-. The summed E-state index contributed by atoms with van der Waals surface area (Å²) in [5.74, 6) is 0. The first-order valence-corrected chi connectivity index (χ1v) is 9.04. The summed E-state index contributed by atoms with van der Waals surface area (Å²) in [5, 5.41) is 5.00. The average molecular weight is 341 g/mol. The van der Waals surface area contributed by atoms with Gasteiger partial charge in [0.1, 0.15) is 0 Å². The summed E-state index contributed by atoms with van der Waals surface area (Å²) in [7, 11) is -1.68. The number of fused-ring (bicyclic) bond motifs is 1. The Labute approximate surface area is 141 Å². The zero-order valence-corrected chi connectivity index (χ0v) is 14.6. The zero-order chi connectivity index (χ0) is 17.3. The molecule has 0 saturated carbocycles. The van der Waals surface area contributed by atoms with Crippen molar-refractivity contribution in [1.29, 1.82) is 0 Å². The minimum absolute atomic E-state index is 0.194. The Balaban J connectivity index is 1.90. The van der Waals surface area contributed by atoms with Gasteiger partial charge in [-0.1, -0.05) is 35.9 Å². The number of benzene rings is 2. The summed E-state index contributed by atoms with van der Waals surface area (Å²) in [5.41, 5.74) is 4.01. The lowest BCUT2D eigenvalue weighted by Crippen LogP contribution is -2.18. The maximum Gasteiger partial charge on any atom is 0.276 e. The summed E-state index contributed by atoms with van der Waals surface area (Å²) < 4.78 is 26.6. The van der Waals surface area contributed by atoms with Crippen LogP contribution in [0.15, 0.2) is 58.5 Å². The first kappa shape index (κ1) is 16.3. The van der Waals surface area contributed by atoms with Crippen molar-refractivity contribution in [2.24, 2.45) is 12.1 Å². The van der Waals surface area contributed by atoms with Crippen LogP contribution in [0.25, 0.3) is 10.9 Å². The number of nitrogens with one attached hydrogen (secondary N) is 1. The lowest BCUT2D eigenvalue weighted by Gasteiger charge is -2.03. The third kappa shape index (κ3) is 2.92. The molecule has 0 amide bonds. The number of hydrogen-bond donors (Lipinski definition) is 1. The van der Waals surface area contributed by atoms with Gasteiger partial charge in [-0.05, 0) is 32.0 Å². The highest BCUT2D eigenvalue weighted by molar-refractivity contribution is 7.89. The van der Waals surface area contributed by atoms with Gasteiger partial charge in [-0.25, -0.2) is 4.83 Å². The quantitative estimate of drug-likeness (QED) is 0.585. The van der Waals surface area contributed by atoms with E-state index in [-0.39, 0.29) is 4.90 Å². The lowest BCUT2D eigenvalue weighted by molar-refractivity contribution is 0.584. The molecule has 124 valence electrons. The van der Waals surface area contributed by atoms with E-state index < -0.39 is 10.0 Å². The molecule has 1 aromatic heterocycles. The molecule has 1 heterocycles. The van der Waals surface area contributed by atoms with Gasteiger partial charge in [0.25, 0.3) is 10.0 Å². The van der Waals surface area contributed by atoms with Crippen LogP contribution in [0.4, 0.5) is 0 Å². The predicted molar refractivity (Wildman–Crippen MR) is 96.8 cm³/mol. The third-order valence-corrected chi connectivity index (χ3v) is 5.38. The number of nitrogens with zero attached hydrogens (tertiary/aromatic N) is 2. The summed E-state index contributed by atoms with van der Waals surface area (Å²) in [4.78, 5) is 2.47. The number of para-hydroxylation sites is 1. The van der Waals surface area contributed by atoms with Crippen molar-refractivity contribution in [2.75, 3.05) is 0 Å². The van der Waals surface area contributed by atoms with Gasteiger partial charge in [0.2, 0.25) is 0 Å². The first-order valence-electron chi connectivity index (χ1n) is 7.56. The SMILES string of the molecule is Cc1ccc(S(=O)(=O)N/N=C\c2c(C)n(C)c3ccccc23)cc1. The lowest BCUT2D eigenvalue weighted by atomic mass is 10.1. The second-order valence-electron chi connectivity index (χ2n) is 5.74. The van der Waals surface area contributed by atoms with Gasteiger partial charge in [0, 0.05) is 29.2 Å². The molecule has 24 heavy (non-hydrogen) atoms. The van der Waals surface area contributed by atoms with E-state index in [1.165, 1.54) is 0 Å². The molecule has 6 heteroatoms. The van der Waals surface area contributed by atoms with Crippen molar-refractivity contribution in [3.63, 3.8) is 0 Å². The minimum atomic E-state index is -3.66. The molecule has 0 aliphatic carbocycles. The van der Waals surface area contributed by atoms with Crippen molar-refractivity contribution in [3.05, 3.63) is 65.4 Å². The van der Waals surface area contributed by atoms with Crippen LogP contribution in [0.3, 0.4) is 0 Å². The third-order valence-electron chi connectivity index (χ3n) is 4.15. The number of hydrazone groups is 1. The molecule has 0 radical (unpaired) electrons. The number of aryl methyl sites for hydroxylation is 2. The molecule has 0 spiro atoms. The average Bonchev–Trinajstić information content (AvgIpc) is 2.80. The Morgan fingerprint density at radius 3 is 2.42 bits per heavy atom. The van der Waals surface area contributed by atoms with Gasteiger partial charge in [-0.2, -0.15) is 13.5 Å². The molecule has 0 bridgehead atoms. The number of rotatable bonds is 4. The van der Waals surface area contributed by atoms with E-state index in [0.29, 0.717) is 0 Å². The van der Waals surface area contributed by atoms with E-state index in [2.05, 4.69) is 14.5 Å². The van der Waals surface area contributed by atoms with Gasteiger partial charge in [0.05, 0.1) is 11.1 Å². The first-order chi connectivity index (χ1) is 11.4. The van der Waals surface area contributed by atoms with Crippen LogP contribution in [-0.4, -0.2) is 19.2 Å². The molecule has 3 aromatic rings. The van der Waals surface area contributed by atoms with Crippen molar-refractivity contribution < 1.29 is 8.42 Å². The van der Waals surface area contributed by atoms with E-state index in [9.17, 15) is 8.42 Å².